The van der Waals surface area contributed by atoms with Crippen molar-refractivity contribution in [2.24, 2.45) is 0 Å². The first-order valence-electron chi connectivity index (χ1n) is 4.67. The van der Waals surface area contributed by atoms with Crippen molar-refractivity contribution in [2.45, 2.75) is 19.3 Å². The third-order valence-electron chi connectivity index (χ3n) is 2.01. The van der Waals surface area contributed by atoms with Crippen molar-refractivity contribution in [2.75, 3.05) is 0 Å². The van der Waals surface area contributed by atoms with E-state index in [1.807, 2.05) is 0 Å². The predicted octanol–water partition coefficient (Wildman–Crippen LogP) is 3.09. The average Bonchev–Trinajstić information content (AvgIpc) is 2.16. The summed E-state index contributed by atoms with van der Waals surface area (Å²) in [5, 5.41) is 0. The molecule has 0 aliphatic carbocycles. The Hall–Kier alpha value is -1.76. The molecule has 16 heavy (non-hydrogen) atoms. The maximum Gasteiger partial charge on any atom is 0.168 e. The summed E-state index contributed by atoms with van der Waals surface area (Å²) in [4.78, 5) is 11.4. The fourth-order valence-corrected chi connectivity index (χ4v) is 1.28. The van der Waals surface area contributed by atoms with E-state index < -0.39 is 28.8 Å². The number of terminal acetylenes is 1. The van der Waals surface area contributed by atoms with Gasteiger partial charge in [0.2, 0.25) is 0 Å². The van der Waals surface area contributed by atoms with E-state index in [1.54, 1.807) is 0 Å². The van der Waals surface area contributed by atoms with E-state index in [0.717, 1.165) is 0 Å². The second-order valence-electron chi connectivity index (χ2n) is 3.23. The van der Waals surface area contributed by atoms with Crippen molar-refractivity contribution in [3.05, 3.63) is 35.1 Å². The van der Waals surface area contributed by atoms with Crippen LogP contribution in [0.5, 0.6) is 0 Å². The Labute approximate surface area is 91.3 Å². The van der Waals surface area contributed by atoms with Gasteiger partial charge in [-0.05, 0) is 6.42 Å². The van der Waals surface area contributed by atoms with E-state index in [4.69, 9.17) is 6.42 Å². The number of unbranched alkanes of at least 4 members (excludes halogenated alkanes) is 1. The highest BCUT2D eigenvalue weighted by Gasteiger charge is 2.18. The van der Waals surface area contributed by atoms with Gasteiger partial charge in [-0.3, -0.25) is 4.79 Å². The average molecular weight is 226 g/mol. The van der Waals surface area contributed by atoms with Gasteiger partial charge in [-0.1, -0.05) is 0 Å². The first-order valence-corrected chi connectivity index (χ1v) is 4.67. The quantitative estimate of drug-likeness (QED) is 0.438. The molecule has 0 aromatic heterocycles. The van der Waals surface area contributed by atoms with Crippen LogP contribution in [-0.2, 0) is 0 Å². The molecule has 4 heteroatoms. The summed E-state index contributed by atoms with van der Waals surface area (Å²) in [6.45, 7) is 0. The van der Waals surface area contributed by atoms with Crippen LogP contribution in [0.25, 0.3) is 0 Å². The molecule has 0 aliphatic rings. The van der Waals surface area contributed by atoms with Gasteiger partial charge in [0.1, 0.15) is 17.5 Å². The highest BCUT2D eigenvalue weighted by molar-refractivity contribution is 5.96. The third-order valence-corrected chi connectivity index (χ3v) is 2.01. The van der Waals surface area contributed by atoms with E-state index >= 15 is 0 Å². The number of hydrogen-bond acceptors (Lipinski definition) is 1. The maximum atomic E-state index is 13.1. The van der Waals surface area contributed by atoms with Gasteiger partial charge < -0.3 is 0 Å². The van der Waals surface area contributed by atoms with Gasteiger partial charge in [-0.2, -0.15) is 0 Å². The largest absolute Gasteiger partial charge is 0.294 e. The number of rotatable bonds is 4. The molecule has 0 N–H and O–H groups in total. The van der Waals surface area contributed by atoms with E-state index in [9.17, 15) is 18.0 Å². The number of benzene rings is 1. The van der Waals surface area contributed by atoms with Gasteiger partial charge in [-0.25, -0.2) is 13.2 Å². The summed E-state index contributed by atoms with van der Waals surface area (Å²) < 4.78 is 38.8. The van der Waals surface area contributed by atoms with Gasteiger partial charge in [0.25, 0.3) is 0 Å². The summed E-state index contributed by atoms with van der Waals surface area (Å²) in [5.74, 6) is -1.79. The zero-order valence-electron chi connectivity index (χ0n) is 8.40. The molecule has 1 nitrogen and oxygen atoms in total. The lowest BCUT2D eigenvalue weighted by atomic mass is 10.0. The fraction of sp³-hybridized carbons (Fsp3) is 0.250. The Kier molecular flexibility index (Phi) is 4.12. The molecule has 0 radical (unpaired) electrons. The molecule has 0 unspecified atom stereocenters. The van der Waals surface area contributed by atoms with Crippen molar-refractivity contribution in [3.8, 4) is 12.3 Å². The monoisotopic (exact) mass is 226 g/mol. The van der Waals surface area contributed by atoms with Crippen LogP contribution in [0.1, 0.15) is 29.6 Å². The molecule has 0 saturated carbocycles. The number of ketones is 1. The van der Waals surface area contributed by atoms with E-state index in [1.165, 1.54) is 0 Å². The second kappa shape index (κ2) is 5.36. The molecule has 1 rings (SSSR count). The van der Waals surface area contributed by atoms with Crippen LogP contribution < -0.4 is 0 Å². The smallest absolute Gasteiger partial charge is 0.168 e. The molecule has 1 aromatic carbocycles. The zero-order chi connectivity index (χ0) is 12.1. The summed E-state index contributed by atoms with van der Waals surface area (Å²) in [6, 6.07) is 0.967. The Balaban J connectivity index is 2.88. The molecule has 0 aliphatic heterocycles. The Morgan fingerprint density at radius 2 is 1.81 bits per heavy atom. The minimum Gasteiger partial charge on any atom is -0.294 e. The maximum absolute atomic E-state index is 13.1. The Bertz CT molecular complexity index is 423. The molecule has 0 fully saturated rings. The van der Waals surface area contributed by atoms with Gasteiger partial charge in [-0.15, -0.1) is 12.3 Å². The summed E-state index contributed by atoms with van der Waals surface area (Å²) in [7, 11) is 0. The van der Waals surface area contributed by atoms with Crippen molar-refractivity contribution >= 4 is 5.78 Å². The number of hydrogen-bond donors (Lipinski definition) is 0. The first-order chi connectivity index (χ1) is 7.56. The molecule has 0 heterocycles. The fourth-order valence-electron chi connectivity index (χ4n) is 1.28. The van der Waals surface area contributed by atoms with Crippen molar-refractivity contribution in [3.63, 3.8) is 0 Å². The Morgan fingerprint density at radius 1 is 1.25 bits per heavy atom. The number of Topliss-reactive ketones (excluding diaryl/α,β-unsaturated/α-hetero) is 1. The standard InChI is InChI=1S/C12H9F3O/c1-2-3-4-5-11(16)12-9(14)6-8(13)7-10(12)15/h1,6-7H,3-5H2. The second-order valence-corrected chi connectivity index (χ2v) is 3.23. The molecule has 0 amide bonds. The molecule has 0 saturated heterocycles. The van der Waals surface area contributed by atoms with Crippen molar-refractivity contribution in [1.29, 1.82) is 0 Å². The number of carbonyl (C=O) groups is 1. The summed E-state index contributed by atoms with van der Waals surface area (Å²) >= 11 is 0. The lowest BCUT2D eigenvalue weighted by molar-refractivity contribution is 0.0972. The minimum atomic E-state index is -1.18. The van der Waals surface area contributed by atoms with E-state index in [2.05, 4.69) is 5.92 Å². The molecular weight excluding hydrogens is 217 g/mol. The van der Waals surface area contributed by atoms with Crippen LogP contribution in [-0.4, -0.2) is 5.78 Å². The van der Waals surface area contributed by atoms with E-state index in [0.29, 0.717) is 25.0 Å². The Morgan fingerprint density at radius 3 is 2.31 bits per heavy atom. The lowest BCUT2D eigenvalue weighted by Crippen LogP contribution is -2.06. The molecular formula is C12H9F3O. The summed E-state index contributed by atoms with van der Waals surface area (Å²) in [6.07, 6.45) is 5.63. The molecule has 0 bridgehead atoms. The highest BCUT2D eigenvalue weighted by Crippen LogP contribution is 2.17. The SMILES string of the molecule is C#CCCCC(=O)c1c(F)cc(F)cc1F. The number of carbonyl (C=O) groups excluding carboxylic acids is 1. The summed E-state index contributed by atoms with van der Waals surface area (Å²) in [5.41, 5.74) is -0.696. The zero-order valence-corrected chi connectivity index (χ0v) is 8.40. The third kappa shape index (κ3) is 2.86. The van der Waals surface area contributed by atoms with E-state index in [-0.39, 0.29) is 6.42 Å². The normalized spacial score (nSPS) is 9.88. The van der Waals surface area contributed by atoms with Crippen LogP contribution in [0.15, 0.2) is 12.1 Å². The van der Waals surface area contributed by atoms with Crippen LogP contribution in [0.2, 0.25) is 0 Å². The van der Waals surface area contributed by atoms with Crippen LogP contribution in [0.4, 0.5) is 13.2 Å². The highest BCUT2D eigenvalue weighted by atomic mass is 19.1. The molecule has 0 atom stereocenters. The molecule has 1 aromatic rings. The number of halogens is 3. The van der Waals surface area contributed by atoms with Gasteiger partial charge >= 0.3 is 0 Å². The van der Waals surface area contributed by atoms with Crippen LogP contribution in [0, 0.1) is 29.8 Å². The van der Waals surface area contributed by atoms with Crippen molar-refractivity contribution < 1.29 is 18.0 Å². The first kappa shape index (κ1) is 12.3. The lowest BCUT2D eigenvalue weighted by Gasteiger charge is -2.03. The van der Waals surface area contributed by atoms with Gasteiger partial charge in [0, 0.05) is 25.0 Å². The predicted molar refractivity (Wildman–Crippen MR) is 53.3 cm³/mol. The van der Waals surface area contributed by atoms with Crippen LogP contribution in [0.3, 0.4) is 0 Å². The molecule has 84 valence electrons. The van der Waals surface area contributed by atoms with Gasteiger partial charge in [0.15, 0.2) is 5.78 Å². The topological polar surface area (TPSA) is 17.1 Å². The van der Waals surface area contributed by atoms with Crippen molar-refractivity contribution in [1.82, 2.24) is 0 Å². The van der Waals surface area contributed by atoms with Gasteiger partial charge in [0.05, 0.1) is 5.56 Å². The molecule has 0 spiro atoms. The van der Waals surface area contributed by atoms with Crippen LogP contribution >= 0.6 is 0 Å². The minimum absolute atomic E-state index is 0.0519.